The fraction of sp³-hybridized carbons (Fsp3) is 0.615. The van der Waals surface area contributed by atoms with Gasteiger partial charge in [-0.3, -0.25) is 4.79 Å². The molecule has 0 aromatic carbocycles. The van der Waals surface area contributed by atoms with Gasteiger partial charge in [0.2, 0.25) is 0 Å². The van der Waals surface area contributed by atoms with E-state index in [4.69, 9.17) is 5.73 Å². The summed E-state index contributed by atoms with van der Waals surface area (Å²) in [6.45, 7) is 9.43. The minimum absolute atomic E-state index is 0.0516. The van der Waals surface area contributed by atoms with Gasteiger partial charge in [0, 0.05) is 37.6 Å². The molecule has 2 N–H and O–H groups in total. The van der Waals surface area contributed by atoms with Crippen molar-refractivity contribution in [2.24, 2.45) is 5.73 Å². The third kappa shape index (κ3) is 2.52. The van der Waals surface area contributed by atoms with Gasteiger partial charge in [0.15, 0.2) is 0 Å². The Balaban J connectivity index is 3.05. The molecule has 1 unspecified atom stereocenters. The van der Waals surface area contributed by atoms with Gasteiger partial charge in [-0.05, 0) is 33.8 Å². The summed E-state index contributed by atoms with van der Waals surface area (Å²) in [6, 6.07) is 2.02. The van der Waals surface area contributed by atoms with E-state index in [0.717, 1.165) is 23.5 Å². The topological polar surface area (TPSA) is 51.3 Å². The normalized spacial score (nSPS) is 12.6. The Morgan fingerprint density at radius 2 is 2.12 bits per heavy atom. The van der Waals surface area contributed by atoms with Crippen LogP contribution in [0.5, 0.6) is 0 Å². The Bertz CT molecular complexity index is 409. The summed E-state index contributed by atoms with van der Waals surface area (Å²) in [5.74, 6) is 0.0516. The van der Waals surface area contributed by atoms with Crippen molar-refractivity contribution in [1.29, 1.82) is 0 Å². The monoisotopic (exact) mass is 237 g/mol. The molecular formula is C13H23N3O. The fourth-order valence-electron chi connectivity index (χ4n) is 2.05. The third-order valence-electron chi connectivity index (χ3n) is 3.44. The average molecular weight is 237 g/mol. The number of rotatable bonds is 4. The molecule has 0 bridgehead atoms. The number of aryl methyl sites for hydroxylation is 1. The van der Waals surface area contributed by atoms with Gasteiger partial charge in [0.25, 0.3) is 5.91 Å². The number of carbonyl (C=O) groups is 1. The third-order valence-corrected chi connectivity index (χ3v) is 3.44. The van der Waals surface area contributed by atoms with Crippen LogP contribution < -0.4 is 5.73 Å². The van der Waals surface area contributed by atoms with Crippen molar-refractivity contribution in [1.82, 2.24) is 9.47 Å². The smallest absolute Gasteiger partial charge is 0.255 e. The van der Waals surface area contributed by atoms with Gasteiger partial charge in [-0.2, -0.15) is 0 Å². The van der Waals surface area contributed by atoms with E-state index in [-0.39, 0.29) is 11.9 Å². The van der Waals surface area contributed by atoms with Crippen LogP contribution in [0.25, 0.3) is 0 Å². The summed E-state index contributed by atoms with van der Waals surface area (Å²) in [5.41, 5.74) is 8.53. The minimum atomic E-state index is 0.0516. The van der Waals surface area contributed by atoms with Crippen LogP contribution in [-0.2, 0) is 6.54 Å². The predicted octanol–water partition coefficient (Wildman–Crippen LogP) is 1.54. The van der Waals surface area contributed by atoms with Crippen LogP contribution in [-0.4, -0.2) is 35.0 Å². The van der Waals surface area contributed by atoms with E-state index in [2.05, 4.69) is 11.5 Å². The van der Waals surface area contributed by atoms with E-state index in [0.29, 0.717) is 6.54 Å². The maximum atomic E-state index is 12.3. The lowest BCUT2D eigenvalue weighted by Crippen LogP contribution is -2.39. The zero-order chi connectivity index (χ0) is 13.2. The molecular weight excluding hydrogens is 214 g/mol. The highest BCUT2D eigenvalue weighted by atomic mass is 16.2. The molecule has 0 spiro atoms. The van der Waals surface area contributed by atoms with Crippen LogP contribution >= 0.6 is 0 Å². The molecule has 0 aliphatic rings. The van der Waals surface area contributed by atoms with Gasteiger partial charge in [-0.15, -0.1) is 0 Å². The molecule has 1 amide bonds. The van der Waals surface area contributed by atoms with E-state index in [9.17, 15) is 4.79 Å². The minimum Gasteiger partial charge on any atom is -0.349 e. The number of hydrogen-bond acceptors (Lipinski definition) is 2. The van der Waals surface area contributed by atoms with Crippen LogP contribution in [0.2, 0.25) is 0 Å². The Kier molecular flexibility index (Phi) is 4.34. The van der Waals surface area contributed by atoms with Gasteiger partial charge < -0.3 is 15.2 Å². The summed E-state index contributed by atoms with van der Waals surface area (Å²) >= 11 is 0. The molecule has 96 valence electrons. The van der Waals surface area contributed by atoms with Crippen LogP contribution in [0.4, 0.5) is 0 Å². The van der Waals surface area contributed by atoms with Gasteiger partial charge in [0.05, 0.1) is 5.56 Å². The molecule has 4 heteroatoms. The van der Waals surface area contributed by atoms with Crippen molar-refractivity contribution >= 4 is 5.91 Å². The van der Waals surface area contributed by atoms with Gasteiger partial charge >= 0.3 is 0 Å². The van der Waals surface area contributed by atoms with E-state index in [1.165, 1.54) is 0 Å². The number of amides is 1. The fourth-order valence-corrected chi connectivity index (χ4v) is 2.05. The predicted molar refractivity (Wildman–Crippen MR) is 70.2 cm³/mol. The van der Waals surface area contributed by atoms with Crippen LogP contribution in [0, 0.1) is 13.8 Å². The summed E-state index contributed by atoms with van der Waals surface area (Å²) in [4.78, 5) is 14.0. The SMILES string of the molecule is CCn1c(C)cc(C(=O)N(C)C(C)CN)c1C. The molecule has 1 aromatic heterocycles. The van der Waals surface area contributed by atoms with Crippen molar-refractivity contribution in [2.75, 3.05) is 13.6 Å². The quantitative estimate of drug-likeness (QED) is 0.863. The largest absolute Gasteiger partial charge is 0.349 e. The highest BCUT2D eigenvalue weighted by Gasteiger charge is 2.21. The highest BCUT2D eigenvalue weighted by molar-refractivity contribution is 5.95. The lowest BCUT2D eigenvalue weighted by Gasteiger charge is -2.23. The van der Waals surface area contributed by atoms with Crippen LogP contribution in [0.3, 0.4) is 0 Å². The highest BCUT2D eigenvalue weighted by Crippen LogP contribution is 2.17. The second-order valence-corrected chi connectivity index (χ2v) is 4.53. The molecule has 0 saturated heterocycles. The number of likely N-dealkylation sites (N-methyl/N-ethyl adjacent to an activating group) is 1. The van der Waals surface area contributed by atoms with Crippen molar-refractivity contribution in [3.05, 3.63) is 23.0 Å². The summed E-state index contributed by atoms with van der Waals surface area (Å²) in [5, 5.41) is 0. The lowest BCUT2D eigenvalue weighted by atomic mass is 10.2. The Morgan fingerprint density at radius 1 is 1.53 bits per heavy atom. The molecule has 4 nitrogen and oxygen atoms in total. The van der Waals surface area contributed by atoms with E-state index in [1.807, 2.05) is 26.8 Å². The molecule has 1 atom stereocenters. The second-order valence-electron chi connectivity index (χ2n) is 4.53. The van der Waals surface area contributed by atoms with Crippen molar-refractivity contribution in [3.63, 3.8) is 0 Å². The molecule has 1 heterocycles. The van der Waals surface area contributed by atoms with Gasteiger partial charge in [-0.1, -0.05) is 0 Å². The first-order valence-corrected chi connectivity index (χ1v) is 6.07. The van der Waals surface area contributed by atoms with Crippen molar-refractivity contribution in [2.45, 2.75) is 40.3 Å². The van der Waals surface area contributed by atoms with E-state index < -0.39 is 0 Å². The zero-order valence-electron chi connectivity index (χ0n) is 11.4. The number of nitrogens with zero attached hydrogens (tertiary/aromatic N) is 2. The van der Waals surface area contributed by atoms with Crippen molar-refractivity contribution in [3.8, 4) is 0 Å². The molecule has 1 aromatic rings. The van der Waals surface area contributed by atoms with E-state index >= 15 is 0 Å². The van der Waals surface area contributed by atoms with Crippen LogP contribution in [0.1, 0.15) is 35.6 Å². The summed E-state index contributed by atoms with van der Waals surface area (Å²) in [7, 11) is 1.80. The van der Waals surface area contributed by atoms with Gasteiger partial charge in [-0.25, -0.2) is 0 Å². The average Bonchev–Trinajstić information content (AvgIpc) is 2.61. The summed E-state index contributed by atoms with van der Waals surface area (Å²) in [6.07, 6.45) is 0. The maximum Gasteiger partial charge on any atom is 0.255 e. The molecule has 0 aliphatic carbocycles. The number of nitrogens with two attached hydrogens (primary N) is 1. The van der Waals surface area contributed by atoms with Gasteiger partial charge in [0.1, 0.15) is 0 Å². The molecule has 0 aliphatic heterocycles. The Hall–Kier alpha value is -1.29. The first-order valence-electron chi connectivity index (χ1n) is 6.07. The molecule has 17 heavy (non-hydrogen) atoms. The lowest BCUT2D eigenvalue weighted by molar-refractivity contribution is 0.0747. The molecule has 0 fully saturated rings. The van der Waals surface area contributed by atoms with Crippen molar-refractivity contribution < 1.29 is 4.79 Å². The Morgan fingerprint density at radius 3 is 2.53 bits per heavy atom. The first-order chi connectivity index (χ1) is 7.93. The molecule has 0 saturated carbocycles. The first kappa shape index (κ1) is 13.8. The van der Waals surface area contributed by atoms with E-state index in [1.54, 1.807) is 11.9 Å². The number of hydrogen-bond donors (Lipinski definition) is 1. The second kappa shape index (κ2) is 5.36. The standard InChI is InChI=1S/C13H23N3O/c1-6-16-9(2)7-12(11(16)4)13(17)15(5)10(3)8-14/h7,10H,6,8,14H2,1-5H3. The Labute approximate surface area is 103 Å². The zero-order valence-corrected chi connectivity index (χ0v) is 11.4. The molecule has 1 rings (SSSR count). The summed E-state index contributed by atoms with van der Waals surface area (Å²) < 4.78 is 2.15. The number of aromatic nitrogens is 1. The number of carbonyl (C=O) groups excluding carboxylic acids is 1. The maximum absolute atomic E-state index is 12.3. The molecule has 0 radical (unpaired) electrons. The van der Waals surface area contributed by atoms with Crippen LogP contribution in [0.15, 0.2) is 6.07 Å².